The van der Waals surface area contributed by atoms with Crippen molar-refractivity contribution in [3.05, 3.63) is 5.01 Å². The number of rotatable bonds is 6. The van der Waals surface area contributed by atoms with E-state index in [4.69, 9.17) is 5.11 Å². The molecule has 1 unspecified atom stereocenters. The van der Waals surface area contributed by atoms with E-state index in [2.05, 4.69) is 17.1 Å². The van der Waals surface area contributed by atoms with Gasteiger partial charge in [0.15, 0.2) is 0 Å². The predicted octanol–water partition coefficient (Wildman–Crippen LogP) is 1.53. The van der Waals surface area contributed by atoms with Crippen LogP contribution in [0, 0.1) is 0 Å². The SMILES string of the molecule is CCCCCS(=O)c1nnc(C(=O)O)s1. The fraction of sp³-hybridized carbons (Fsp3) is 0.625. The number of unbranched alkanes of at least 4 members (excludes halogenated alkanes) is 2. The van der Waals surface area contributed by atoms with E-state index in [0.717, 1.165) is 30.6 Å². The van der Waals surface area contributed by atoms with Crippen molar-refractivity contribution in [2.75, 3.05) is 5.75 Å². The van der Waals surface area contributed by atoms with Crippen molar-refractivity contribution in [2.24, 2.45) is 0 Å². The Hall–Kier alpha value is -0.820. The quantitative estimate of drug-likeness (QED) is 0.772. The zero-order valence-electron chi connectivity index (χ0n) is 8.30. The molecule has 0 bridgehead atoms. The van der Waals surface area contributed by atoms with Gasteiger partial charge in [-0.2, -0.15) is 0 Å². The summed E-state index contributed by atoms with van der Waals surface area (Å²) in [5, 5.41) is 15.5. The van der Waals surface area contributed by atoms with E-state index in [9.17, 15) is 9.00 Å². The first kappa shape index (κ1) is 12.3. The van der Waals surface area contributed by atoms with Gasteiger partial charge in [0.1, 0.15) is 0 Å². The summed E-state index contributed by atoms with van der Waals surface area (Å²) in [6, 6.07) is 0. The number of nitrogens with zero attached hydrogens (tertiary/aromatic N) is 2. The number of carboxylic acid groups (broad SMARTS) is 1. The summed E-state index contributed by atoms with van der Waals surface area (Å²) in [5.41, 5.74) is 0. The monoisotopic (exact) mass is 248 g/mol. The molecular weight excluding hydrogens is 236 g/mol. The van der Waals surface area contributed by atoms with Crippen LogP contribution >= 0.6 is 11.3 Å². The molecule has 0 aliphatic rings. The molecule has 1 aromatic rings. The van der Waals surface area contributed by atoms with E-state index in [1.54, 1.807) is 0 Å². The Morgan fingerprint density at radius 1 is 1.47 bits per heavy atom. The standard InChI is InChI=1S/C8H12N2O3S2/c1-2-3-4-5-15(13)8-10-9-6(14-8)7(11)12/h2-5H2,1H3,(H,11,12). The summed E-state index contributed by atoms with van der Waals surface area (Å²) in [7, 11) is -1.20. The van der Waals surface area contributed by atoms with Gasteiger partial charge in [0.2, 0.25) is 9.35 Å². The minimum Gasteiger partial charge on any atom is -0.476 e. The lowest BCUT2D eigenvalue weighted by Gasteiger charge is -1.95. The highest BCUT2D eigenvalue weighted by Crippen LogP contribution is 2.15. The van der Waals surface area contributed by atoms with Crippen LogP contribution in [0.3, 0.4) is 0 Å². The first-order valence-electron chi connectivity index (χ1n) is 4.60. The lowest BCUT2D eigenvalue weighted by molar-refractivity contribution is 0.0695. The molecule has 15 heavy (non-hydrogen) atoms. The molecule has 0 saturated carbocycles. The topological polar surface area (TPSA) is 80.2 Å². The normalized spacial score (nSPS) is 12.6. The Labute approximate surface area is 94.0 Å². The maximum Gasteiger partial charge on any atom is 0.367 e. The number of hydrogen-bond donors (Lipinski definition) is 1. The predicted molar refractivity (Wildman–Crippen MR) is 57.7 cm³/mol. The molecule has 0 aliphatic heterocycles. The summed E-state index contributed by atoms with van der Waals surface area (Å²) in [6.07, 6.45) is 2.95. The number of aromatic carboxylic acids is 1. The molecule has 0 aliphatic carbocycles. The number of hydrogen-bond acceptors (Lipinski definition) is 5. The summed E-state index contributed by atoms with van der Waals surface area (Å²) in [6.45, 7) is 2.07. The first-order chi connectivity index (χ1) is 7.15. The van der Waals surface area contributed by atoms with E-state index in [1.807, 2.05) is 0 Å². The van der Waals surface area contributed by atoms with Crippen LogP contribution in [0.4, 0.5) is 0 Å². The van der Waals surface area contributed by atoms with E-state index < -0.39 is 16.8 Å². The molecule has 0 aromatic carbocycles. The van der Waals surface area contributed by atoms with Gasteiger partial charge in [-0.25, -0.2) is 4.79 Å². The zero-order chi connectivity index (χ0) is 11.3. The van der Waals surface area contributed by atoms with Crippen molar-refractivity contribution < 1.29 is 14.1 Å². The van der Waals surface area contributed by atoms with Crippen molar-refractivity contribution in [1.82, 2.24) is 10.2 Å². The highest BCUT2D eigenvalue weighted by molar-refractivity contribution is 7.87. The average molecular weight is 248 g/mol. The van der Waals surface area contributed by atoms with Gasteiger partial charge in [-0.15, -0.1) is 10.2 Å². The molecule has 1 N–H and O–H groups in total. The second-order valence-corrected chi connectivity index (χ2v) is 5.66. The van der Waals surface area contributed by atoms with Crippen molar-refractivity contribution in [2.45, 2.75) is 30.5 Å². The first-order valence-corrected chi connectivity index (χ1v) is 6.74. The summed E-state index contributed by atoms with van der Waals surface area (Å²) >= 11 is 0.885. The molecule has 1 rings (SSSR count). The third-order valence-electron chi connectivity index (χ3n) is 1.72. The number of aromatic nitrogens is 2. The Bertz CT molecular complexity index is 365. The zero-order valence-corrected chi connectivity index (χ0v) is 9.94. The summed E-state index contributed by atoms with van der Waals surface area (Å²) < 4.78 is 11.9. The smallest absolute Gasteiger partial charge is 0.367 e. The fourth-order valence-corrected chi connectivity index (χ4v) is 3.01. The molecule has 7 heteroatoms. The van der Waals surface area contributed by atoms with E-state index in [1.165, 1.54) is 0 Å². The Balaban J connectivity index is 2.54. The Morgan fingerprint density at radius 3 is 2.73 bits per heavy atom. The molecule has 1 atom stereocenters. The molecule has 0 radical (unpaired) electrons. The molecule has 0 spiro atoms. The maximum atomic E-state index is 11.6. The summed E-state index contributed by atoms with van der Waals surface area (Å²) in [5.74, 6) is -0.591. The van der Waals surface area contributed by atoms with Gasteiger partial charge >= 0.3 is 5.97 Å². The van der Waals surface area contributed by atoms with Gasteiger partial charge in [0, 0.05) is 5.75 Å². The molecule has 5 nitrogen and oxygen atoms in total. The highest BCUT2D eigenvalue weighted by Gasteiger charge is 2.14. The van der Waals surface area contributed by atoms with Crippen LogP contribution in [0.1, 0.15) is 36.0 Å². The van der Waals surface area contributed by atoms with Crippen LogP contribution in [-0.4, -0.2) is 31.2 Å². The van der Waals surface area contributed by atoms with Gasteiger partial charge in [-0.3, -0.25) is 4.21 Å². The molecular formula is C8H12N2O3S2. The molecule has 84 valence electrons. The minimum atomic E-state index is -1.20. The van der Waals surface area contributed by atoms with Crippen LogP contribution < -0.4 is 0 Å². The largest absolute Gasteiger partial charge is 0.476 e. The third-order valence-corrected chi connectivity index (χ3v) is 4.36. The van der Waals surface area contributed by atoms with Crippen molar-refractivity contribution in [1.29, 1.82) is 0 Å². The van der Waals surface area contributed by atoms with Gasteiger partial charge in [-0.1, -0.05) is 31.1 Å². The number of carboxylic acids is 1. The van der Waals surface area contributed by atoms with Crippen LogP contribution in [0.25, 0.3) is 0 Å². The highest BCUT2D eigenvalue weighted by atomic mass is 32.2. The Kier molecular flexibility index (Phi) is 4.83. The average Bonchev–Trinajstić information content (AvgIpc) is 2.66. The second kappa shape index (κ2) is 5.92. The van der Waals surface area contributed by atoms with Gasteiger partial charge in [-0.05, 0) is 6.42 Å². The Morgan fingerprint density at radius 2 is 2.20 bits per heavy atom. The minimum absolute atomic E-state index is 0.103. The summed E-state index contributed by atoms with van der Waals surface area (Å²) in [4.78, 5) is 10.5. The van der Waals surface area contributed by atoms with E-state index in [0.29, 0.717) is 10.1 Å². The van der Waals surface area contributed by atoms with Gasteiger partial charge < -0.3 is 5.11 Å². The van der Waals surface area contributed by atoms with Crippen molar-refractivity contribution in [3.8, 4) is 0 Å². The molecule has 0 fully saturated rings. The maximum absolute atomic E-state index is 11.6. The van der Waals surface area contributed by atoms with E-state index >= 15 is 0 Å². The molecule has 0 saturated heterocycles. The third kappa shape index (κ3) is 3.67. The number of carbonyl (C=O) groups is 1. The lowest BCUT2D eigenvalue weighted by atomic mass is 10.3. The van der Waals surface area contributed by atoms with Crippen LogP contribution in [0.5, 0.6) is 0 Å². The van der Waals surface area contributed by atoms with Crippen molar-refractivity contribution >= 4 is 28.1 Å². The van der Waals surface area contributed by atoms with Crippen LogP contribution in [-0.2, 0) is 10.8 Å². The lowest BCUT2D eigenvalue weighted by Crippen LogP contribution is -1.97. The van der Waals surface area contributed by atoms with Crippen molar-refractivity contribution in [3.63, 3.8) is 0 Å². The van der Waals surface area contributed by atoms with Gasteiger partial charge in [0.05, 0.1) is 10.8 Å². The molecule has 0 amide bonds. The molecule has 1 heterocycles. The van der Waals surface area contributed by atoms with E-state index in [-0.39, 0.29) is 5.01 Å². The van der Waals surface area contributed by atoms with Gasteiger partial charge in [0.25, 0.3) is 0 Å². The van der Waals surface area contributed by atoms with Crippen LogP contribution in [0.2, 0.25) is 0 Å². The second-order valence-electron chi connectivity index (χ2n) is 2.94. The molecule has 1 aromatic heterocycles. The van der Waals surface area contributed by atoms with Crippen LogP contribution in [0.15, 0.2) is 4.34 Å². The fourth-order valence-electron chi connectivity index (χ4n) is 0.959.